The van der Waals surface area contributed by atoms with Gasteiger partial charge in [-0.25, -0.2) is 4.39 Å². The van der Waals surface area contributed by atoms with Crippen molar-refractivity contribution in [1.82, 2.24) is 15.2 Å². The van der Waals surface area contributed by atoms with Crippen molar-refractivity contribution in [2.24, 2.45) is 11.8 Å². The highest BCUT2D eigenvalue weighted by Crippen LogP contribution is 2.53. The van der Waals surface area contributed by atoms with Crippen molar-refractivity contribution < 1.29 is 14.0 Å². The number of hydrogen-bond acceptors (Lipinski definition) is 5. The molecule has 198 valence electrons. The van der Waals surface area contributed by atoms with Gasteiger partial charge >= 0.3 is 0 Å². The number of hydrogen-bond donors (Lipinski definition) is 2. The van der Waals surface area contributed by atoms with E-state index in [1.807, 2.05) is 43.3 Å². The Labute approximate surface area is 223 Å². The molecule has 3 aromatic rings. The SMILES string of the molecule is C[C@H]1[C@H](C(=O)Nc2ccc([C@H](C)NC(=O)c3ccc(N4CCN(C)CC4)cc3)c(F)c2)[C@H]1c1cccnc1. The third-order valence-corrected chi connectivity index (χ3v) is 7.83. The van der Waals surface area contributed by atoms with Crippen molar-refractivity contribution >= 4 is 23.2 Å². The Morgan fingerprint density at radius 1 is 1.05 bits per heavy atom. The molecule has 1 saturated heterocycles. The zero-order valence-electron chi connectivity index (χ0n) is 22.0. The standard InChI is InChI=1S/C30H34FN5O2/c1-19-27(22-5-4-12-32-18-22)28(19)30(38)34-23-8-11-25(26(31)17-23)20(2)33-29(37)21-6-9-24(10-7-21)36-15-13-35(3)14-16-36/h4-12,17-20,27-28H,13-16H2,1-3H3,(H,33,37)(H,34,38)/t19-,20+,27-,28+/m1/s1. The quantitative estimate of drug-likeness (QED) is 0.486. The van der Waals surface area contributed by atoms with Crippen molar-refractivity contribution in [2.75, 3.05) is 43.4 Å². The minimum atomic E-state index is -0.539. The van der Waals surface area contributed by atoms with Crippen LogP contribution in [0.4, 0.5) is 15.8 Å². The first-order valence-electron chi connectivity index (χ1n) is 13.2. The fraction of sp³-hybridized carbons (Fsp3) is 0.367. The van der Waals surface area contributed by atoms with Crippen LogP contribution in [0.2, 0.25) is 0 Å². The largest absolute Gasteiger partial charge is 0.369 e. The normalized spacial score (nSPS) is 22.0. The molecule has 8 heteroatoms. The summed E-state index contributed by atoms with van der Waals surface area (Å²) < 4.78 is 15.0. The summed E-state index contributed by atoms with van der Waals surface area (Å²) in [5.41, 5.74) is 3.43. The highest BCUT2D eigenvalue weighted by Gasteiger charge is 2.52. The van der Waals surface area contributed by atoms with Gasteiger partial charge in [0.25, 0.3) is 5.91 Å². The summed E-state index contributed by atoms with van der Waals surface area (Å²) in [6.45, 7) is 7.73. The summed E-state index contributed by atoms with van der Waals surface area (Å²) in [6.07, 6.45) is 3.50. The number of carbonyl (C=O) groups excluding carboxylic acids is 2. The maximum atomic E-state index is 15.0. The van der Waals surface area contributed by atoms with Gasteiger partial charge in [0.05, 0.1) is 6.04 Å². The van der Waals surface area contributed by atoms with E-state index < -0.39 is 11.9 Å². The van der Waals surface area contributed by atoms with Crippen LogP contribution in [0.25, 0.3) is 0 Å². The van der Waals surface area contributed by atoms with Crippen LogP contribution in [-0.4, -0.2) is 54.9 Å². The summed E-state index contributed by atoms with van der Waals surface area (Å²) in [5.74, 6) is -0.701. The number of benzene rings is 2. The number of halogens is 1. The molecular formula is C30H34FN5O2. The van der Waals surface area contributed by atoms with E-state index in [0.717, 1.165) is 37.4 Å². The summed E-state index contributed by atoms with van der Waals surface area (Å²) in [4.78, 5) is 34.4. The molecule has 0 radical (unpaired) electrons. The topological polar surface area (TPSA) is 77.6 Å². The Kier molecular flexibility index (Phi) is 7.42. The third kappa shape index (κ3) is 5.55. The summed E-state index contributed by atoms with van der Waals surface area (Å²) in [7, 11) is 2.12. The number of anilines is 2. The number of aromatic nitrogens is 1. The van der Waals surface area contributed by atoms with Crippen molar-refractivity contribution in [3.63, 3.8) is 0 Å². The zero-order valence-corrected chi connectivity index (χ0v) is 22.0. The van der Waals surface area contributed by atoms with Gasteiger partial charge in [0, 0.05) is 72.9 Å². The van der Waals surface area contributed by atoms with Gasteiger partial charge in [-0.15, -0.1) is 0 Å². The number of piperazine rings is 1. The molecule has 7 nitrogen and oxygen atoms in total. The van der Waals surface area contributed by atoms with Crippen LogP contribution in [0.1, 0.15) is 47.3 Å². The first-order chi connectivity index (χ1) is 18.3. The third-order valence-electron chi connectivity index (χ3n) is 7.83. The number of likely N-dealkylation sites (N-methyl/N-ethyl adjacent to an activating group) is 1. The van der Waals surface area contributed by atoms with Crippen LogP contribution < -0.4 is 15.5 Å². The van der Waals surface area contributed by atoms with Crippen LogP contribution >= 0.6 is 0 Å². The first kappa shape index (κ1) is 25.9. The molecule has 38 heavy (non-hydrogen) atoms. The maximum absolute atomic E-state index is 15.0. The summed E-state index contributed by atoms with van der Waals surface area (Å²) >= 11 is 0. The van der Waals surface area contributed by atoms with E-state index in [4.69, 9.17) is 0 Å². The van der Waals surface area contributed by atoms with Gasteiger partial charge in [-0.3, -0.25) is 14.6 Å². The molecule has 0 unspecified atom stereocenters. The highest BCUT2D eigenvalue weighted by atomic mass is 19.1. The van der Waals surface area contributed by atoms with Crippen molar-refractivity contribution in [2.45, 2.75) is 25.8 Å². The van der Waals surface area contributed by atoms with Crippen LogP contribution in [0, 0.1) is 17.7 Å². The lowest BCUT2D eigenvalue weighted by Gasteiger charge is -2.34. The van der Waals surface area contributed by atoms with Crippen molar-refractivity contribution in [3.8, 4) is 0 Å². The number of rotatable bonds is 7. The monoisotopic (exact) mass is 515 g/mol. The van der Waals surface area contributed by atoms with Crippen LogP contribution in [0.15, 0.2) is 67.0 Å². The van der Waals surface area contributed by atoms with Gasteiger partial charge in [0.2, 0.25) is 5.91 Å². The van der Waals surface area contributed by atoms with E-state index in [1.54, 1.807) is 31.5 Å². The maximum Gasteiger partial charge on any atom is 0.251 e. The Bertz CT molecular complexity index is 1290. The minimum absolute atomic E-state index is 0.124. The van der Waals surface area contributed by atoms with E-state index in [-0.39, 0.29) is 29.6 Å². The molecule has 2 fully saturated rings. The molecule has 1 saturated carbocycles. The Morgan fingerprint density at radius 2 is 1.79 bits per heavy atom. The number of pyridine rings is 1. The lowest BCUT2D eigenvalue weighted by molar-refractivity contribution is -0.117. The molecule has 2 aliphatic rings. The average molecular weight is 516 g/mol. The van der Waals surface area contributed by atoms with Gasteiger partial charge in [-0.05, 0) is 67.9 Å². The fourth-order valence-corrected chi connectivity index (χ4v) is 5.38. The second-order valence-electron chi connectivity index (χ2n) is 10.5. The molecule has 2 heterocycles. The number of amides is 2. The van der Waals surface area contributed by atoms with Gasteiger partial charge in [0.1, 0.15) is 5.82 Å². The van der Waals surface area contributed by atoms with E-state index >= 15 is 4.39 Å². The van der Waals surface area contributed by atoms with E-state index in [0.29, 0.717) is 16.8 Å². The second-order valence-corrected chi connectivity index (χ2v) is 10.5. The predicted octanol–water partition coefficient (Wildman–Crippen LogP) is 4.45. The second kappa shape index (κ2) is 10.9. The van der Waals surface area contributed by atoms with Gasteiger partial charge < -0.3 is 20.4 Å². The molecule has 4 atom stereocenters. The zero-order chi connectivity index (χ0) is 26.8. The lowest BCUT2D eigenvalue weighted by Crippen LogP contribution is -2.44. The van der Waals surface area contributed by atoms with Crippen LogP contribution in [-0.2, 0) is 4.79 Å². The lowest BCUT2D eigenvalue weighted by atomic mass is 10.1. The molecule has 0 bridgehead atoms. The van der Waals surface area contributed by atoms with Gasteiger partial charge in [-0.1, -0.05) is 19.1 Å². The number of carbonyl (C=O) groups is 2. The van der Waals surface area contributed by atoms with Gasteiger partial charge in [0.15, 0.2) is 0 Å². The molecule has 1 aliphatic heterocycles. The molecule has 2 aromatic carbocycles. The molecule has 5 rings (SSSR count). The minimum Gasteiger partial charge on any atom is -0.369 e. The predicted molar refractivity (Wildman–Crippen MR) is 147 cm³/mol. The molecule has 0 spiro atoms. The van der Waals surface area contributed by atoms with Crippen molar-refractivity contribution in [3.05, 3.63) is 89.5 Å². The Balaban J connectivity index is 1.17. The molecule has 1 aliphatic carbocycles. The molecule has 1 aromatic heterocycles. The average Bonchev–Trinajstić information content (AvgIpc) is 3.60. The first-order valence-corrected chi connectivity index (χ1v) is 13.2. The summed E-state index contributed by atoms with van der Waals surface area (Å²) in [6, 6.07) is 15.4. The van der Waals surface area contributed by atoms with Gasteiger partial charge in [-0.2, -0.15) is 0 Å². The van der Waals surface area contributed by atoms with E-state index in [2.05, 4.69) is 32.5 Å². The Morgan fingerprint density at radius 3 is 2.45 bits per heavy atom. The summed E-state index contributed by atoms with van der Waals surface area (Å²) in [5, 5.41) is 5.73. The van der Waals surface area contributed by atoms with E-state index in [1.165, 1.54) is 6.07 Å². The molecule has 2 amide bonds. The molecular weight excluding hydrogens is 481 g/mol. The van der Waals surface area contributed by atoms with Crippen LogP contribution in [0.5, 0.6) is 0 Å². The highest BCUT2D eigenvalue weighted by molar-refractivity contribution is 5.96. The van der Waals surface area contributed by atoms with Crippen LogP contribution in [0.3, 0.4) is 0 Å². The Hall–Kier alpha value is -3.78. The fourth-order valence-electron chi connectivity index (χ4n) is 5.38. The number of nitrogens with one attached hydrogen (secondary N) is 2. The number of nitrogens with zero attached hydrogens (tertiary/aromatic N) is 3. The smallest absolute Gasteiger partial charge is 0.251 e. The van der Waals surface area contributed by atoms with E-state index in [9.17, 15) is 9.59 Å². The molecule has 2 N–H and O–H groups in total. The van der Waals surface area contributed by atoms with Crippen molar-refractivity contribution in [1.29, 1.82) is 0 Å².